The van der Waals surface area contributed by atoms with E-state index in [4.69, 9.17) is 4.74 Å². The highest BCUT2D eigenvalue weighted by Crippen LogP contribution is 2.34. The number of nitrogens with zero attached hydrogens (tertiary/aromatic N) is 5. The fourth-order valence-electron chi connectivity index (χ4n) is 4.25. The zero-order valence-corrected chi connectivity index (χ0v) is 21.6. The van der Waals surface area contributed by atoms with Gasteiger partial charge in [0.05, 0.1) is 17.1 Å². The molecule has 0 bridgehead atoms. The van der Waals surface area contributed by atoms with Crippen molar-refractivity contribution in [3.05, 3.63) is 75.6 Å². The Bertz CT molecular complexity index is 1270. The van der Waals surface area contributed by atoms with Gasteiger partial charge >= 0.3 is 11.7 Å². The van der Waals surface area contributed by atoms with Gasteiger partial charge in [0, 0.05) is 37.6 Å². The number of anilines is 4. The van der Waals surface area contributed by atoms with Crippen molar-refractivity contribution in [3.8, 4) is 0 Å². The van der Waals surface area contributed by atoms with Gasteiger partial charge in [-0.1, -0.05) is 26.0 Å². The van der Waals surface area contributed by atoms with Gasteiger partial charge in [-0.2, -0.15) is 0 Å². The van der Waals surface area contributed by atoms with Gasteiger partial charge in [-0.25, -0.2) is 14.8 Å². The lowest BCUT2D eigenvalue weighted by Gasteiger charge is -2.37. The molecule has 2 heterocycles. The van der Waals surface area contributed by atoms with Gasteiger partial charge in [-0.05, 0) is 61.2 Å². The Morgan fingerprint density at radius 1 is 1.05 bits per heavy atom. The molecule has 1 aliphatic rings. The standard InChI is InChI=1S/C27H32N6O4/c1-18(2)16-37-27(34)21-8-10-22(11-9-21)30-25-24(33(35)36)26(29-17-28-25)32-14-12-31(13-15-32)23-7-5-6-19(3)20(23)4/h5-11,17-18H,12-16H2,1-4H3,(H,28,29,30). The molecule has 1 aliphatic heterocycles. The van der Waals surface area contributed by atoms with E-state index in [1.807, 2.05) is 18.7 Å². The quantitative estimate of drug-likeness (QED) is 0.260. The summed E-state index contributed by atoms with van der Waals surface area (Å²) >= 11 is 0. The lowest BCUT2D eigenvalue weighted by atomic mass is 10.1. The summed E-state index contributed by atoms with van der Waals surface area (Å²) < 4.78 is 5.25. The summed E-state index contributed by atoms with van der Waals surface area (Å²) in [5.74, 6) is 0.224. The average molecular weight is 505 g/mol. The molecule has 0 unspecified atom stereocenters. The molecule has 0 aliphatic carbocycles. The molecule has 194 valence electrons. The van der Waals surface area contributed by atoms with Crippen LogP contribution in [0.3, 0.4) is 0 Å². The van der Waals surface area contributed by atoms with Crippen LogP contribution in [0.2, 0.25) is 0 Å². The minimum Gasteiger partial charge on any atom is -0.462 e. The van der Waals surface area contributed by atoms with Crippen molar-refractivity contribution in [2.75, 3.05) is 47.9 Å². The first-order valence-electron chi connectivity index (χ1n) is 12.3. The number of benzene rings is 2. The molecule has 10 nitrogen and oxygen atoms in total. The first-order chi connectivity index (χ1) is 17.7. The third-order valence-corrected chi connectivity index (χ3v) is 6.41. The maximum absolute atomic E-state index is 12.2. The molecule has 0 amide bonds. The Morgan fingerprint density at radius 3 is 2.38 bits per heavy atom. The van der Waals surface area contributed by atoms with Crippen LogP contribution in [-0.4, -0.2) is 53.6 Å². The summed E-state index contributed by atoms with van der Waals surface area (Å²) in [6.45, 7) is 11.1. The smallest absolute Gasteiger partial charge is 0.353 e. The van der Waals surface area contributed by atoms with Crippen molar-refractivity contribution < 1.29 is 14.5 Å². The van der Waals surface area contributed by atoms with Crippen LogP contribution < -0.4 is 15.1 Å². The van der Waals surface area contributed by atoms with Gasteiger partial charge in [0.2, 0.25) is 11.6 Å². The maximum Gasteiger partial charge on any atom is 0.353 e. The van der Waals surface area contributed by atoms with Gasteiger partial charge < -0.3 is 19.9 Å². The molecule has 37 heavy (non-hydrogen) atoms. The van der Waals surface area contributed by atoms with Gasteiger partial charge in [0.25, 0.3) is 0 Å². The highest BCUT2D eigenvalue weighted by atomic mass is 16.6. The molecule has 1 fully saturated rings. The van der Waals surface area contributed by atoms with E-state index in [1.165, 1.54) is 23.1 Å². The summed E-state index contributed by atoms with van der Waals surface area (Å²) in [6, 6.07) is 12.8. The lowest BCUT2D eigenvalue weighted by molar-refractivity contribution is -0.383. The van der Waals surface area contributed by atoms with Crippen molar-refractivity contribution in [3.63, 3.8) is 0 Å². The van der Waals surface area contributed by atoms with Crippen LogP contribution in [0.4, 0.5) is 28.7 Å². The summed E-state index contributed by atoms with van der Waals surface area (Å²) in [7, 11) is 0. The largest absolute Gasteiger partial charge is 0.462 e. The van der Waals surface area contributed by atoms with Gasteiger partial charge in [-0.15, -0.1) is 0 Å². The molecular formula is C27H32N6O4. The first-order valence-corrected chi connectivity index (χ1v) is 12.3. The Kier molecular flexibility index (Phi) is 7.86. The maximum atomic E-state index is 12.2. The monoisotopic (exact) mass is 504 g/mol. The number of carbonyl (C=O) groups is 1. The van der Waals surface area contributed by atoms with Crippen molar-refractivity contribution in [1.82, 2.24) is 9.97 Å². The normalized spacial score (nSPS) is 13.5. The molecule has 1 saturated heterocycles. The second-order valence-electron chi connectivity index (χ2n) is 9.54. The predicted octanol–water partition coefficient (Wildman–Crippen LogP) is 4.88. The molecule has 10 heteroatoms. The fourth-order valence-corrected chi connectivity index (χ4v) is 4.25. The van der Waals surface area contributed by atoms with E-state index in [-0.39, 0.29) is 23.2 Å². The Balaban J connectivity index is 1.49. The van der Waals surface area contributed by atoms with Crippen LogP contribution in [-0.2, 0) is 4.74 Å². The summed E-state index contributed by atoms with van der Waals surface area (Å²) in [5.41, 5.74) is 4.47. The van der Waals surface area contributed by atoms with Crippen molar-refractivity contribution >= 4 is 34.7 Å². The molecule has 4 rings (SSSR count). The molecule has 0 atom stereocenters. The summed E-state index contributed by atoms with van der Waals surface area (Å²) in [5, 5.41) is 15.1. The Morgan fingerprint density at radius 2 is 1.73 bits per heavy atom. The number of rotatable bonds is 8. The van der Waals surface area contributed by atoms with Crippen LogP contribution in [0.1, 0.15) is 35.3 Å². The highest BCUT2D eigenvalue weighted by Gasteiger charge is 2.30. The van der Waals surface area contributed by atoms with Gasteiger partial charge in [-0.3, -0.25) is 10.1 Å². The van der Waals surface area contributed by atoms with Crippen LogP contribution in [0, 0.1) is 29.9 Å². The van der Waals surface area contributed by atoms with E-state index in [9.17, 15) is 14.9 Å². The van der Waals surface area contributed by atoms with Crippen LogP contribution in [0.5, 0.6) is 0 Å². The number of nitro groups is 1. The minimum absolute atomic E-state index is 0.0992. The number of esters is 1. The van der Waals surface area contributed by atoms with Gasteiger partial charge in [0.15, 0.2) is 0 Å². The van der Waals surface area contributed by atoms with Crippen molar-refractivity contribution in [2.45, 2.75) is 27.7 Å². The van der Waals surface area contributed by atoms with E-state index in [2.05, 4.69) is 52.2 Å². The Hall–Kier alpha value is -4.21. The minimum atomic E-state index is -0.452. The Labute approximate surface area is 216 Å². The van der Waals surface area contributed by atoms with Crippen molar-refractivity contribution in [2.24, 2.45) is 5.92 Å². The highest BCUT2D eigenvalue weighted by molar-refractivity contribution is 5.90. The number of aromatic nitrogens is 2. The molecule has 3 aromatic rings. The SMILES string of the molecule is Cc1cccc(N2CCN(c3ncnc(Nc4ccc(C(=O)OCC(C)C)cc4)c3[N+](=O)[O-])CC2)c1C. The molecule has 2 aromatic carbocycles. The third kappa shape index (κ3) is 5.96. The number of hydrogen-bond donors (Lipinski definition) is 1. The number of carbonyl (C=O) groups excluding carboxylic acids is 1. The third-order valence-electron chi connectivity index (χ3n) is 6.41. The van der Waals surface area contributed by atoms with Crippen molar-refractivity contribution in [1.29, 1.82) is 0 Å². The molecular weight excluding hydrogens is 472 g/mol. The van der Waals surface area contributed by atoms with Crippen LogP contribution >= 0.6 is 0 Å². The second kappa shape index (κ2) is 11.2. The average Bonchev–Trinajstić information content (AvgIpc) is 2.89. The number of ether oxygens (including phenoxy) is 1. The number of aryl methyl sites for hydroxylation is 1. The predicted molar refractivity (Wildman–Crippen MR) is 144 cm³/mol. The molecule has 0 spiro atoms. The number of piperazine rings is 1. The summed E-state index contributed by atoms with van der Waals surface area (Å²) in [4.78, 5) is 36.5. The van der Waals surface area contributed by atoms with Crippen LogP contribution in [0.25, 0.3) is 0 Å². The van der Waals surface area contributed by atoms with E-state index < -0.39 is 10.9 Å². The lowest BCUT2D eigenvalue weighted by Crippen LogP contribution is -2.47. The zero-order valence-electron chi connectivity index (χ0n) is 21.6. The summed E-state index contributed by atoms with van der Waals surface area (Å²) in [6.07, 6.45) is 1.33. The molecule has 0 saturated carbocycles. The molecule has 1 aromatic heterocycles. The molecule has 1 N–H and O–H groups in total. The second-order valence-corrected chi connectivity index (χ2v) is 9.54. The topological polar surface area (TPSA) is 114 Å². The van der Waals surface area contributed by atoms with E-state index >= 15 is 0 Å². The van der Waals surface area contributed by atoms with E-state index in [0.29, 0.717) is 30.9 Å². The number of nitrogens with one attached hydrogen (secondary N) is 1. The van der Waals surface area contributed by atoms with E-state index in [0.717, 1.165) is 13.1 Å². The first kappa shape index (κ1) is 25.9. The van der Waals surface area contributed by atoms with Crippen LogP contribution in [0.15, 0.2) is 48.8 Å². The van der Waals surface area contributed by atoms with E-state index in [1.54, 1.807) is 24.3 Å². The number of hydrogen-bond acceptors (Lipinski definition) is 9. The zero-order chi connectivity index (χ0) is 26.5. The van der Waals surface area contributed by atoms with Gasteiger partial charge in [0.1, 0.15) is 6.33 Å². The molecule has 0 radical (unpaired) electrons. The fraction of sp³-hybridized carbons (Fsp3) is 0.370.